The van der Waals surface area contributed by atoms with Crippen LogP contribution in [0.4, 0.5) is 5.69 Å². The largest absolute Gasteiger partial charge is 0.376 e. The topological polar surface area (TPSA) is 67.9 Å². The molecule has 2 unspecified atom stereocenters. The van der Waals surface area contributed by atoms with Crippen molar-refractivity contribution in [3.8, 4) is 0 Å². The number of hydrogen-bond acceptors (Lipinski definition) is 4. The molecule has 28 heavy (non-hydrogen) atoms. The second-order valence-electron chi connectivity index (χ2n) is 6.82. The van der Waals surface area contributed by atoms with E-state index in [1.807, 2.05) is 0 Å². The van der Waals surface area contributed by atoms with Crippen LogP contribution in [-0.2, 0) is 14.3 Å². The number of anilines is 1. The summed E-state index contributed by atoms with van der Waals surface area (Å²) in [7, 11) is 0. The lowest BCUT2D eigenvalue weighted by Gasteiger charge is -2.24. The highest BCUT2D eigenvalue weighted by atomic mass is 16.5. The lowest BCUT2D eigenvalue weighted by atomic mass is 10.1. The molecule has 1 aliphatic heterocycles. The fraction of sp³-hybridized carbons (Fsp3) is 0.455. The van der Waals surface area contributed by atoms with Gasteiger partial charge in [-0.2, -0.15) is 0 Å². The van der Waals surface area contributed by atoms with Gasteiger partial charge in [0.15, 0.2) is 0 Å². The number of carbonyl (C=O) groups is 2. The van der Waals surface area contributed by atoms with E-state index < -0.39 is 6.10 Å². The molecule has 2 rings (SSSR count). The lowest BCUT2D eigenvalue weighted by molar-refractivity contribution is -0.130. The predicted octanol–water partition coefficient (Wildman–Crippen LogP) is 3.41. The molecule has 0 aromatic heterocycles. The lowest BCUT2D eigenvalue weighted by Crippen LogP contribution is -2.32. The van der Waals surface area contributed by atoms with Crippen molar-refractivity contribution in [1.29, 1.82) is 0 Å². The molecular formula is C22H30N2O4. The van der Waals surface area contributed by atoms with Crippen LogP contribution < -0.4 is 5.32 Å². The van der Waals surface area contributed by atoms with E-state index in [1.54, 1.807) is 48.2 Å². The van der Waals surface area contributed by atoms with Crippen LogP contribution in [0.25, 0.3) is 0 Å². The van der Waals surface area contributed by atoms with E-state index in [-0.39, 0.29) is 17.9 Å². The molecule has 1 heterocycles. The number of nitrogens with zero attached hydrogens (tertiary/aromatic N) is 1. The zero-order chi connectivity index (χ0) is 20.4. The number of carbonyl (C=O) groups excluding carboxylic acids is 2. The molecule has 2 atom stereocenters. The molecule has 1 fully saturated rings. The molecule has 6 heteroatoms. The van der Waals surface area contributed by atoms with Crippen LogP contribution in [-0.4, -0.2) is 55.2 Å². The summed E-state index contributed by atoms with van der Waals surface area (Å²) in [6.07, 6.45) is 6.04. The first-order valence-electron chi connectivity index (χ1n) is 9.70. The molecule has 1 aromatic carbocycles. The molecular weight excluding hydrogens is 356 g/mol. The van der Waals surface area contributed by atoms with Gasteiger partial charge in [0.25, 0.3) is 11.8 Å². The Kier molecular flexibility index (Phi) is 8.91. The van der Waals surface area contributed by atoms with Crippen molar-refractivity contribution in [3.63, 3.8) is 0 Å². The Balaban J connectivity index is 1.86. The Bertz CT molecular complexity index is 656. The van der Waals surface area contributed by atoms with Gasteiger partial charge >= 0.3 is 0 Å². The molecule has 152 valence electrons. The fourth-order valence-corrected chi connectivity index (χ4v) is 2.94. The van der Waals surface area contributed by atoms with Gasteiger partial charge in [0.1, 0.15) is 6.10 Å². The molecule has 6 nitrogen and oxygen atoms in total. The van der Waals surface area contributed by atoms with E-state index in [4.69, 9.17) is 9.47 Å². The first-order chi connectivity index (χ1) is 13.5. The number of amides is 2. The van der Waals surface area contributed by atoms with E-state index in [0.717, 1.165) is 25.9 Å². The summed E-state index contributed by atoms with van der Waals surface area (Å²) in [5.41, 5.74) is 1.16. The Morgan fingerprint density at radius 3 is 2.50 bits per heavy atom. The first-order valence-corrected chi connectivity index (χ1v) is 9.70. The van der Waals surface area contributed by atoms with Crippen molar-refractivity contribution in [2.75, 3.05) is 31.6 Å². The average molecular weight is 386 g/mol. The highest BCUT2D eigenvalue weighted by Gasteiger charge is 2.19. The molecule has 0 aliphatic carbocycles. The molecule has 1 N–H and O–H groups in total. The summed E-state index contributed by atoms with van der Waals surface area (Å²) in [5, 5.41) is 2.81. The molecule has 0 saturated carbocycles. The number of hydrogen-bond donors (Lipinski definition) is 1. The molecule has 1 aliphatic rings. The van der Waals surface area contributed by atoms with Crippen molar-refractivity contribution < 1.29 is 19.1 Å². The van der Waals surface area contributed by atoms with Crippen molar-refractivity contribution in [2.24, 2.45) is 0 Å². The van der Waals surface area contributed by atoms with Crippen LogP contribution in [0.3, 0.4) is 0 Å². The van der Waals surface area contributed by atoms with Gasteiger partial charge in [-0.3, -0.25) is 9.59 Å². The van der Waals surface area contributed by atoms with Gasteiger partial charge in [-0.25, -0.2) is 0 Å². The zero-order valence-electron chi connectivity index (χ0n) is 16.6. The maximum Gasteiger partial charge on any atom is 0.254 e. The van der Waals surface area contributed by atoms with Crippen LogP contribution in [0, 0.1) is 0 Å². The van der Waals surface area contributed by atoms with Crippen LogP contribution in [0.15, 0.2) is 49.6 Å². The average Bonchev–Trinajstić information content (AvgIpc) is 2.72. The van der Waals surface area contributed by atoms with E-state index >= 15 is 0 Å². The standard InChI is InChI=1S/C22H30N2O4/c1-4-13-24(14-5-2)22(26)18-9-11-19(12-10-18)23-21(25)17(3)28-16-20-8-6-7-15-27-20/h4-5,9-12,17,20H,1-2,6-8,13-16H2,3H3,(H,23,25). The van der Waals surface area contributed by atoms with E-state index in [9.17, 15) is 9.59 Å². The third kappa shape index (κ3) is 6.62. The van der Waals surface area contributed by atoms with E-state index in [0.29, 0.717) is 30.9 Å². The van der Waals surface area contributed by atoms with Gasteiger partial charge in [0, 0.05) is 30.9 Å². The Morgan fingerprint density at radius 1 is 1.25 bits per heavy atom. The second kappa shape index (κ2) is 11.4. The van der Waals surface area contributed by atoms with Crippen molar-refractivity contribution >= 4 is 17.5 Å². The summed E-state index contributed by atoms with van der Waals surface area (Å²) in [4.78, 5) is 26.5. The molecule has 2 amide bonds. The third-order valence-electron chi connectivity index (χ3n) is 4.56. The number of rotatable bonds is 10. The summed E-state index contributed by atoms with van der Waals surface area (Å²) < 4.78 is 11.3. The highest BCUT2D eigenvalue weighted by molar-refractivity contribution is 5.96. The van der Waals surface area contributed by atoms with Gasteiger partial charge in [-0.05, 0) is 50.5 Å². The summed E-state index contributed by atoms with van der Waals surface area (Å²) >= 11 is 0. The van der Waals surface area contributed by atoms with Crippen LogP contribution in [0.1, 0.15) is 36.5 Å². The SMILES string of the molecule is C=CCN(CC=C)C(=O)c1ccc(NC(=O)C(C)OCC2CCCCO2)cc1. The van der Waals surface area contributed by atoms with Crippen molar-refractivity contribution in [2.45, 2.75) is 38.4 Å². The van der Waals surface area contributed by atoms with E-state index in [1.165, 1.54) is 0 Å². The normalized spacial score (nSPS) is 17.4. The van der Waals surface area contributed by atoms with Gasteiger partial charge in [0.2, 0.25) is 0 Å². The van der Waals surface area contributed by atoms with Gasteiger partial charge in [-0.15, -0.1) is 13.2 Å². The van der Waals surface area contributed by atoms with Crippen LogP contribution in [0.2, 0.25) is 0 Å². The Labute approximate surface area is 167 Å². The van der Waals surface area contributed by atoms with Gasteiger partial charge in [-0.1, -0.05) is 12.2 Å². The third-order valence-corrected chi connectivity index (χ3v) is 4.56. The Hall–Kier alpha value is -2.44. The molecule has 1 saturated heterocycles. The zero-order valence-corrected chi connectivity index (χ0v) is 16.6. The minimum atomic E-state index is -0.581. The molecule has 0 spiro atoms. The smallest absolute Gasteiger partial charge is 0.254 e. The molecule has 0 bridgehead atoms. The fourth-order valence-electron chi connectivity index (χ4n) is 2.94. The number of benzene rings is 1. The molecule has 1 aromatic rings. The quantitative estimate of drug-likeness (QED) is 0.626. The van der Waals surface area contributed by atoms with E-state index in [2.05, 4.69) is 18.5 Å². The predicted molar refractivity (Wildman–Crippen MR) is 110 cm³/mol. The van der Waals surface area contributed by atoms with Crippen LogP contribution in [0.5, 0.6) is 0 Å². The molecule has 0 radical (unpaired) electrons. The maximum absolute atomic E-state index is 12.5. The summed E-state index contributed by atoms with van der Waals surface area (Å²) in [6, 6.07) is 6.81. The summed E-state index contributed by atoms with van der Waals surface area (Å²) in [6.45, 7) is 11.1. The van der Waals surface area contributed by atoms with Crippen LogP contribution >= 0.6 is 0 Å². The van der Waals surface area contributed by atoms with Gasteiger partial charge < -0.3 is 19.7 Å². The summed E-state index contributed by atoms with van der Waals surface area (Å²) in [5.74, 6) is -0.336. The minimum Gasteiger partial charge on any atom is -0.376 e. The van der Waals surface area contributed by atoms with Crippen molar-refractivity contribution in [1.82, 2.24) is 4.90 Å². The second-order valence-corrected chi connectivity index (χ2v) is 6.82. The maximum atomic E-state index is 12.5. The Morgan fingerprint density at radius 2 is 1.93 bits per heavy atom. The minimum absolute atomic E-state index is 0.0726. The number of ether oxygens (including phenoxy) is 2. The number of nitrogens with one attached hydrogen (secondary N) is 1. The van der Waals surface area contributed by atoms with Gasteiger partial charge in [0.05, 0.1) is 12.7 Å². The monoisotopic (exact) mass is 386 g/mol. The first kappa shape index (κ1) is 21.9. The van der Waals surface area contributed by atoms with Crippen molar-refractivity contribution in [3.05, 3.63) is 55.1 Å². The highest BCUT2D eigenvalue weighted by Crippen LogP contribution is 2.15.